The maximum absolute atomic E-state index is 12.9. The second-order valence-electron chi connectivity index (χ2n) is 10.0. The van der Waals surface area contributed by atoms with Gasteiger partial charge in [0.05, 0.1) is 24.6 Å². The molecule has 10 heteroatoms. The number of nitrogens with one attached hydrogen (secondary N) is 1. The fourth-order valence-electron chi connectivity index (χ4n) is 3.68. The maximum atomic E-state index is 12.9. The highest BCUT2D eigenvalue weighted by Crippen LogP contribution is 2.19. The first kappa shape index (κ1) is 27.3. The Morgan fingerprint density at radius 1 is 1.17 bits per heavy atom. The standard InChI is InChI=1S/C26H36N4O5Si/c1-6-7-8-23-27-16-21(29(23)17-19-9-11-20(12-10-19)25(32)34-2)15-22-24(31)30(26(33)28-22)18-35-13-14-36(3,4)5/h9-12,15-16H,6-8,13-14,17-18H2,1-5H3,(H,28,33). The summed E-state index contributed by atoms with van der Waals surface area (Å²) in [7, 11) is 0.0900. The monoisotopic (exact) mass is 512 g/mol. The SMILES string of the molecule is CCCCc1ncc(C=C2NC(=O)N(COCC[Si](C)(C)C)C2=O)n1Cc1ccc(C(=O)OC)cc1. The van der Waals surface area contributed by atoms with E-state index in [0.29, 0.717) is 24.4 Å². The van der Waals surface area contributed by atoms with Gasteiger partial charge in [-0.05, 0) is 36.2 Å². The van der Waals surface area contributed by atoms with E-state index in [4.69, 9.17) is 9.47 Å². The number of unbranched alkanes of at least 4 members (excludes halogenated alkanes) is 1. The molecule has 194 valence electrons. The van der Waals surface area contributed by atoms with Crippen LogP contribution in [0.2, 0.25) is 25.7 Å². The first-order valence-corrected chi connectivity index (χ1v) is 16.0. The Morgan fingerprint density at radius 3 is 2.53 bits per heavy atom. The van der Waals surface area contributed by atoms with Crippen LogP contribution in [-0.2, 0) is 27.2 Å². The number of ether oxygens (including phenoxy) is 2. The van der Waals surface area contributed by atoms with Crippen LogP contribution in [-0.4, -0.2) is 60.9 Å². The Kier molecular flexibility index (Phi) is 9.22. The first-order chi connectivity index (χ1) is 17.1. The molecular formula is C26H36N4O5Si. The molecule has 1 aliphatic heterocycles. The van der Waals surface area contributed by atoms with Crippen molar-refractivity contribution < 1.29 is 23.9 Å². The van der Waals surface area contributed by atoms with Crippen LogP contribution < -0.4 is 5.32 Å². The van der Waals surface area contributed by atoms with Crippen molar-refractivity contribution in [1.29, 1.82) is 0 Å². The normalized spacial score (nSPS) is 15.0. The molecule has 1 aliphatic rings. The predicted octanol–water partition coefficient (Wildman–Crippen LogP) is 4.27. The van der Waals surface area contributed by atoms with E-state index in [9.17, 15) is 14.4 Å². The highest BCUT2D eigenvalue weighted by atomic mass is 28.3. The van der Waals surface area contributed by atoms with Gasteiger partial charge < -0.3 is 19.4 Å². The van der Waals surface area contributed by atoms with E-state index < -0.39 is 20.0 Å². The average molecular weight is 513 g/mol. The summed E-state index contributed by atoms with van der Waals surface area (Å²) < 4.78 is 12.4. The number of imide groups is 1. The number of hydrogen-bond acceptors (Lipinski definition) is 6. The third-order valence-electron chi connectivity index (χ3n) is 5.91. The first-order valence-electron chi connectivity index (χ1n) is 12.3. The number of nitrogens with zero attached hydrogens (tertiary/aromatic N) is 3. The molecule has 1 fully saturated rings. The molecule has 0 atom stereocenters. The van der Waals surface area contributed by atoms with Gasteiger partial charge in [-0.1, -0.05) is 45.1 Å². The molecule has 0 bridgehead atoms. The lowest BCUT2D eigenvalue weighted by Gasteiger charge is -2.17. The largest absolute Gasteiger partial charge is 0.465 e. The van der Waals surface area contributed by atoms with E-state index >= 15 is 0 Å². The highest BCUT2D eigenvalue weighted by molar-refractivity contribution is 6.76. The Morgan fingerprint density at radius 2 is 1.89 bits per heavy atom. The zero-order valence-corrected chi connectivity index (χ0v) is 22.8. The summed E-state index contributed by atoms with van der Waals surface area (Å²) in [5, 5.41) is 2.66. The van der Waals surface area contributed by atoms with E-state index in [-0.39, 0.29) is 18.4 Å². The molecule has 3 rings (SSSR count). The maximum Gasteiger partial charge on any atom is 0.337 e. The lowest BCUT2D eigenvalue weighted by Crippen LogP contribution is -2.34. The molecule has 36 heavy (non-hydrogen) atoms. The summed E-state index contributed by atoms with van der Waals surface area (Å²) >= 11 is 0. The van der Waals surface area contributed by atoms with Gasteiger partial charge in [-0.2, -0.15) is 0 Å². The number of esters is 1. The number of benzene rings is 1. The van der Waals surface area contributed by atoms with Gasteiger partial charge in [0.2, 0.25) is 0 Å². The fourth-order valence-corrected chi connectivity index (χ4v) is 4.44. The van der Waals surface area contributed by atoms with Crippen LogP contribution in [0.25, 0.3) is 6.08 Å². The van der Waals surface area contributed by atoms with Crippen LogP contribution in [0.5, 0.6) is 0 Å². The smallest absolute Gasteiger partial charge is 0.337 e. The molecule has 1 N–H and O–H groups in total. The summed E-state index contributed by atoms with van der Waals surface area (Å²) in [5.74, 6) is 0.0880. The number of aromatic nitrogens is 2. The van der Waals surface area contributed by atoms with Gasteiger partial charge in [-0.3, -0.25) is 4.79 Å². The van der Waals surface area contributed by atoms with Crippen molar-refractivity contribution in [1.82, 2.24) is 19.8 Å². The number of imidazole rings is 1. The van der Waals surface area contributed by atoms with Crippen LogP contribution in [0.4, 0.5) is 4.79 Å². The second kappa shape index (κ2) is 12.1. The number of urea groups is 1. The van der Waals surface area contributed by atoms with E-state index in [0.717, 1.165) is 41.6 Å². The summed E-state index contributed by atoms with van der Waals surface area (Å²) in [6.45, 7) is 9.82. The number of amides is 3. The average Bonchev–Trinajstić information content (AvgIpc) is 3.34. The topological polar surface area (TPSA) is 103 Å². The zero-order valence-electron chi connectivity index (χ0n) is 21.8. The highest BCUT2D eigenvalue weighted by Gasteiger charge is 2.34. The van der Waals surface area contributed by atoms with Gasteiger partial charge in [0.25, 0.3) is 5.91 Å². The molecular weight excluding hydrogens is 476 g/mol. The van der Waals surface area contributed by atoms with Crippen LogP contribution in [0.15, 0.2) is 36.2 Å². The molecule has 2 aromatic rings. The summed E-state index contributed by atoms with van der Waals surface area (Å²) in [6, 6.07) is 7.66. The van der Waals surface area contributed by atoms with Gasteiger partial charge >= 0.3 is 12.0 Å². The van der Waals surface area contributed by atoms with E-state index in [1.54, 1.807) is 24.4 Å². The number of rotatable bonds is 12. The lowest BCUT2D eigenvalue weighted by atomic mass is 10.1. The molecule has 0 saturated carbocycles. The molecule has 0 unspecified atom stereocenters. The van der Waals surface area contributed by atoms with Crippen molar-refractivity contribution in [3.05, 3.63) is 58.8 Å². The summed E-state index contributed by atoms with van der Waals surface area (Å²) in [6.07, 6.45) is 6.17. The van der Waals surface area contributed by atoms with Gasteiger partial charge in [-0.15, -0.1) is 0 Å². The van der Waals surface area contributed by atoms with Crippen LogP contribution in [0.1, 0.15) is 47.2 Å². The second-order valence-corrected chi connectivity index (χ2v) is 15.7. The number of carbonyl (C=O) groups is 3. The molecule has 3 amide bonds. The minimum Gasteiger partial charge on any atom is -0.465 e. The summed E-state index contributed by atoms with van der Waals surface area (Å²) in [5.41, 5.74) is 2.35. The van der Waals surface area contributed by atoms with Gasteiger partial charge in [0.1, 0.15) is 18.3 Å². The van der Waals surface area contributed by atoms with Crippen molar-refractivity contribution >= 4 is 32.1 Å². The third kappa shape index (κ3) is 7.14. The Balaban J connectivity index is 1.78. The number of carbonyl (C=O) groups excluding carboxylic acids is 3. The van der Waals surface area contributed by atoms with E-state index in [1.165, 1.54) is 7.11 Å². The van der Waals surface area contributed by atoms with Crippen molar-refractivity contribution in [3.8, 4) is 0 Å². The van der Waals surface area contributed by atoms with Gasteiger partial charge in [0, 0.05) is 27.6 Å². The fraction of sp³-hybridized carbons (Fsp3) is 0.462. The Bertz CT molecular complexity index is 1120. The molecule has 0 spiro atoms. The molecule has 1 aromatic carbocycles. The van der Waals surface area contributed by atoms with Crippen molar-refractivity contribution in [3.63, 3.8) is 0 Å². The van der Waals surface area contributed by atoms with Crippen molar-refractivity contribution in [2.24, 2.45) is 0 Å². The zero-order chi connectivity index (χ0) is 26.3. The van der Waals surface area contributed by atoms with Crippen LogP contribution in [0, 0.1) is 0 Å². The number of aryl methyl sites for hydroxylation is 1. The molecule has 9 nitrogen and oxygen atoms in total. The van der Waals surface area contributed by atoms with E-state index in [1.807, 2.05) is 16.7 Å². The molecule has 1 aromatic heterocycles. The summed E-state index contributed by atoms with van der Waals surface area (Å²) in [4.78, 5) is 42.8. The Labute approximate surface area is 213 Å². The molecule has 1 saturated heterocycles. The quantitative estimate of drug-likeness (QED) is 0.150. The van der Waals surface area contributed by atoms with Gasteiger partial charge in [-0.25, -0.2) is 19.5 Å². The van der Waals surface area contributed by atoms with Crippen LogP contribution >= 0.6 is 0 Å². The minimum atomic E-state index is -1.26. The van der Waals surface area contributed by atoms with Crippen LogP contribution in [0.3, 0.4) is 0 Å². The van der Waals surface area contributed by atoms with Crippen molar-refractivity contribution in [2.75, 3.05) is 20.4 Å². The van der Waals surface area contributed by atoms with Crippen molar-refractivity contribution in [2.45, 2.75) is 58.4 Å². The third-order valence-corrected chi connectivity index (χ3v) is 7.61. The predicted molar refractivity (Wildman–Crippen MR) is 140 cm³/mol. The lowest BCUT2D eigenvalue weighted by molar-refractivity contribution is -0.126. The molecule has 0 aliphatic carbocycles. The number of hydrogen-bond donors (Lipinski definition) is 1. The van der Waals surface area contributed by atoms with E-state index in [2.05, 4.69) is 36.9 Å². The minimum absolute atomic E-state index is 0.0694. The number of methoxy groups -OCH3 is 1. The van der Waals surface area contributed by atoms with Gasteiger partial charge in [0.15, 0.2) is 0 Å². The molecule has 0 radical (unpaired) electrons. The molecule has 2 heterocycles. The Hall–Kier alpha value is -3.24.